The molecule has 0 saturated heterocycles. The third kappa shape index (κ3) is 9.81. The van der Waals surface area contributed by atoms with E-state index in [1.54, 1.807) is 67.5 Å². The van der Waals surface area contributed by atoms with Crippen molar-refractivity contribution < 1.29 is 0 Å². The minimum atomic E-state index is 0.426. The van der Waals surface area contributed by atoms with Crippen molar-refractivity contribution >= 4 is 52.0 Å². The second kappa shape index (κ2) is 15.2. The molecule has 204 valence electrons. The number of anilines is 3. The molecule has 3 N–H and O–H groups in total. The third-order valence-electron chi connectivity index (χ3n) is 5.10. The monoisotopic (exact) mass is 600 g/mol. The van der Waals surface area contributed by atoms with Gasteiger partial charge in [0.1, 0.15) is 11.0 Å². The number of nitrogens with one attached hydrogen (secondary N) is 1. The fourth-order valence-electron chi connectivity index (χ4n) is 3.24. The van der Waals surface area contributed by atoms with Gasteiger partial charge in [0.05, 0.1) is 0 Å². The van der Waals surface area contributed by atoms with Crippen molar-refractivity contribution in [3.63, 3.8) is 0 Å². The summed E-state index contributed by atoms with van der Waals surface area (Å²) in [6, 6.07) is 25.5. The number of nitrogens with zero attached hydrogens (tertiary/aromatic N) is 6. The molecule has 0 fully saturated rings. The molecule has 0 bridgehead atoms. The lowest BCUT2D eigenvalue weighted by Gasteiger charge is -2.06. The summed E-state index contributed by atoms with van der Waals surface area (Å²) < 4.78 is 0. The molecule has 0 aliphatic heterocycles. The Hall–Kier alpha value is -4.63. The van der Waals surface area contributed by atoms with E-state index in [4.69, 9.17) is 40.5 Å². The summed E-state index contributed by atoms with van der Waals surface area (Å²) in [5.74, 6) is 1.94. The molecule has 0 atom stereocenters. The predicted octanol–water partition coefficient (Wildman–Crippen LogP) is 8.05. The maximum atomic E-state index is 5.99. The van der Waals surface area contributed by atoms with E-state index in [1.807, 2.05) is 54.6 Å². The van der Waals surface area contributed by atoms with E-state index in [0.29, 0.717) is 26.8 Å². The standard InChI is InChI=1S/C15H11ClN4.C10H6Cl2N2.C5H6N2/c16-12-3-1-2-11(10-12)15-18-9-6-14(20-15)19-13-4-7-17-8-5-13;11-8-3-1-2-7(6-8)10-13-5-4-9(12)14-10;6-5-1-3-7-4-2-5/h1-10H,(H,17,18,19,20);1-6H;1-4H,(H2,6,7). The van der Waals surface area contributed by atoms with Crippen molar-refractivity contribution in [2.24, 2.45) is 0 Å². The molecule has 2 aromatic carbocycles. The number of nitrogen functional groups attached to an aromatic ring is 1. The molecular formula is C30H23Cl3N8. The first-order valence-electron chi connectivity index (χ1n) is 12.1. The first kappa shape index (κ1) is 29.4. The molecule has 8 nitrogen and oxygen atoms in total. The van der Waals surface area contributed by atoms with Crippen LogP contribution in [-0.4, -0.2) is 29.9 Å². The van der Waals surface area contributed by atoms with Crippen LogP contribution in [-0.2, 0) is 0 Å². The Bertz CT molecular complexity index is 1630. The molecular weight excluding hydrogens is 579 g/mol. The van der Waals surface area contributed by atoms with Gasteiger partial charge < -0.3 is 11.1 Å². The van der Waals surface area contributed by atoms with Crippen molar-refractivity contribution in [1.82, 2.24) is 29.9 Å². The molecule has 0 radical (unpaired) electrons. The van der Waals surface area contributed by atoms with E-state index in [9.17, 15) is 0 Å². The molecule has 0 unspecified atom stereocenters. The zero-order valence-corrected chi connectivity index (χ0v) is 23.7. The van der Waals surface area contributed by atoms with Gasteiger partial charge in [0.2, 0.25) is 0 Å². The van der Waals surface area contributed by atoms with Crippen LogP contribution in [0.4, 0.5) is 17.2 Å². The molecule has 0 aliphatic carbocycles. The number of benzene rings is 2. The fraction of sp³-hybridized carbons (Fsp3) is 0. The number of pyridine rings is 2. The summed E-state index contributed by atoms with van der Waals surface area (Å²) in [5, 5.41) is 4.95. The highest BCUT2D eigenvalue weighted by Gasteiger charge is 2.04. The number of nitrogens with two attached hydrogens (primary N) is 1. The Morgan fingerprint density at radius 1 is 0.561 bits per heavy atom. The zero-order chi connectivity index (χ0) is 28.9. The van der Waals surface area contributed by atoms with Gasteiger partial charge in [-0.2, -0.15) is 0 Å². The van der Waals surface area contributed by atoms with Gasteiger partial charge in [-0.1, -0.05) is 59.1 Å². The van der Waals surface area contributed by atoms with Gasteiger partial charge in [0.15, 0.2) is 11.6 Å². The van der Waals surface area contributed by atoms with Crippen LogP contribution in [0.3, 0.4) is 0 Å². The summed E-state index contributed by atoms with van der Waals surface area (Å²) in [4.78, 5) is 24.7. The maximum absolute atomic E-state index is 5.99. The van der Waals surface area contributed by atoms with E-state index in [0.717, 1.165) is 28.3 Å². The van der Waals surface area contributed by atoms with Crippen LogP contribution in [0, 0.1) is 0 Å². The number of hydrogen-bond donors (Lipinski definition) is 2. The van der Waals surface area contributed by atoms with E-state index in [-0.39, 0.29) is 0 Å². The normalized spacial score (nSPS) is 9.93. The van der Waals surface area contributed by atoms with Crippen LogP contribution >= 0.6 is 34.8 Å². The largest absolute Gasteiger partial charge is 0.399 e. The van der Waals surface area contributed by atoms with Gasteiger partial charge in [-0.05, 0) is 60.7 Å². The van der Waals surface area contributed by atoms with Gasteiger partial charge >= 0.3 is 0 Å². The van der Waals surface area contributed by atoms with E-state index >= 15 is 0 Å². The Labute approximate surface area is 252 Å². The molecule has 0 saturated carbocycles. The maximum Gasteiger partial charge on any atom is 0.161 e. The van der Waals surface area contributed by atoms with Crippen LogP contribution in [0.25, 0.3) is 22.8 Å². The van der Waals surface area contributed by atoms with E-state index < -0.39 is 0 Å². The molecule has 6 rings (SSSR count). The summed E-state index contributed by atoms with van der Waals surface area (Å²) >= 11 is 17.6. The molecule has 6 aromatic rings. The Morgan fingerprint density at radius 2 is 1.10 bits per heavy atom. The van der Waals surface area contributed by atoms with E-state index in [2.05, 4.69) is 35.2 Å². The van der Waals surface area contributed by atoms with Crippen LogP contribution < -0.4 is 11.1 Å². The lowest BCUT2D eigenvalue weighted by molar-refractivity contribution is 1.17. The average molecular weight is 602 g/mol. The topological polar surface area (TPSA) is 115 Å². The highest BCUT2D eigenvalue weighted by atomic mass is 35.5. The number of aromatic nitrogens is 6. The highest BCUT2D eigenvalue weighted by molar-refractivity contribution is 6.31. The van der Waals surface area contributed by atoms with Crippen LogP contribution in [0.15, 0.2) is 122 Å². The number of hydrogen-bond acceptors (Lipinski definition) is 8. The summed E-state index contributed by atoms with van der Waals surface area (Å²) in [6.07, 6.45) is 10.1. The first-order chi connectivity index (χ1) is 20.0. The van der Waals surface area contributed by atoms with Crippen LogP contribution in [0.5, 0.6) is 0 Å². The summed E-state index contributed by atoms with van der Waals surface area (Å²) in [6.45, 7) is 0. The van der Waals surface area contributed by atoms with Crippen molar-refractivity contribution in [3.05, 3.63) is 137 Å². The minimum Gasteiger partial charge on any atom is -0.399 e. The molecule has 0 aliphatic rings. The molecule has 11 heteroatoms. The van der Waals surface area contributed by atoms with Crippen LogP contribution in [0.1, 0.15) is 0 Å². The minimum absolute atomic E-state index is 0.426. The fourth-order valence-corrected chi connectivity index (χ4v) is 3.76. The molecule has 4 aromatic heterocycles. The Morgan fingerprint density at radius 3 is 1.61 bits per heavy atom. The summed E-state index contributed by atoms with van der Waals surface area (Å²) in [7, 11) is 0. The van der Waals surface area contributed by atoms with Gasteiger partial charge in [0, 0.05) is 69.7 Å². The molecule has 0 spiro atoms. The molecule has 41 heavy (non-hydrogen) atoms. The highest BCUT2D eigenvalue weighted by Crippen LogP contribution is 2.22. The van der Waals surface area contributed by atoms with Gasteiger partial charge in [0.25, 0.3) is 0 Å². The Balaban J connectivity index is 0.000000159. The Kier molecular flexibility index (Phi) is 10.9. The zero-order valence-electron chi connectivity index (χ0n) is 21.4. The van der Waals surface area contributed by atoms with Gasteiger partial charge in [-0.3, -0.25) is 9.97 Å². The molecule has 0 amide bonds. The predicted molar refractivity (Wildman–Crippen MR) is 166 cm³/mol. The first-order valence-corrected chi connectivity index (χ1v) is 13.3. The van der Waals surface area contributed by atoms with Crippen molar-refractivity contribution in [1.29, 1.82) is 0 Å². The summed E-state index contributed by atoms with van der Waals surface area (Å²) in [5.41, 5.74) is 8.75. The lowest BCUT2D eigenvalue weighted by atomic mass is 10.2. The SMILES string of the molecule is Clc1cccc(-c2nccc(Cl)n2)c1.Clc1cccc(-c2nccc(Nc3ccncc3)n2)c1.Nc1ccncc1. The average Bonchev–Trinajstić information content (AvgIpc) is 2.99. The quantitative estimate of drug-likeness (QED) is 0.195. The van der Waals surface area contributed by atoms with Crippen molar-refractivity contribution in [3.8, 4) is 22.8 Å². The van der Waals surface area contributed by atoms with Gasteiger partial charge in [-0.15, -0.1) is 0 Å². The smallest absolute Gasteiger partial charge is 0.161 e. The van der Waals surface area contributed by atoms with Gasteiger partial charge in [-0.25, -0.2) is 19.9 Å². The van der Waals surface area contributed by atoms with Crippen LogP contribution in [0.2, 0.25) is 15.2 Å². The van der Waals surface area contributed by atoms with Crippen molar-refractivity contribution in [2.45, 2.75) is 0 Å². The second-order valence-corrected chi connectivity index (χ2v) is 9.39. The number of rotatable bonds is 4. The number of halogens is 3. The third-order valence-corrected chi connectivity index (χ3v) is 5.78. The second-order valence-electron chi connectivity index (χ2n) is 8.13. The van der Waals surface area contributed by atoms with Crippen molar-refractivity contribution in [2.75, 3.05) is 11.1 Å². The lowest BCUT2D eigenvalue weighted by Crippen LogP contribution is -1.96. The molecule has 4 heterocycles. The van der Waals surface area contributed by atoms with E-state index in [1.165, 1.54) is 0 Å².